The monoisotopic (exact) mass is 280 g/mol. The highest BCUT2D eigenvalue weighted by molar-refractivity contribution is 5.83. The van der Waals surface area contributed by atoms with Crippen molar-refractivity contribution in [1.29, 1.82) is 0 Å². The van der Waals surface area contributed by atoms with E-state index in [9.17, 15) is 4.79 Å². The van der Waals surface area contributed by atoms with Crippen molar-refractivity contribution in [3.63, 3.8) is 0 Å². The number of aryl methyl sites for hydroxylation is 1. The van der Waals surface area contributed by atoms with Crippen LogP contribution in [0.5, 0.6) is 0 Å². The van der Waals surface area contributed by atoms with Crippen LogP contribution in [0.15, 0.2) is 18.2 Å². The molecule has 0 spiro atoms. The molecular weight excluding hydrogens is 256 g/mol. The number of fused-ring (bicyclic) bond motifs is 1. The molecule has 1 nitrogen and oxygen atoms in total. The molecule has 0 aliphatic heterocycles. The van der Waals surface area contributed by atoms with Crippen molar-refractivity contribution in [3.8, 4) is 0 Å². The fourth-order valence-electron chi connectivity index (χ4n) is 6.40. The third-order valence-corrected chi connectivity index (χ3v) is 6.92. The lowest BCUT2D eigenvalue weighted by molar-refractivity contribution is -0.118. The molecule has 0 saturated heterocycles. The zero-order valence-electron chi connectivity index (χ0n) is 12.7. The van der Waals surface area contributed by atoms with Gasteiger partial charge in [0.25, 0.3) is 0 Å². The summed E-state index contributed by atoms with van der Waals surface area (Å²) in [6, 6.07) is 7.15. The summed E-state index contributed by atoms with van der Waals surface area (Å²) >= 11 is 0. The summed E-state index contributed by atoms with van der Waals surface area (Å²) in [5.41, 5.74) is 4.91. The summed E-state index contributed by atoms with van der Waals surface area (Å²) in [5.74, 6) is 3.45. The van der Waals surface area contributed by atoms with Crippen molar-refractivity contribution < 1.29 is 4.79 Å². The predicted octanol–water partition coefficient (Wildman–Crippen LogP) is 4.21. The van der Waals surface area contributed by atoms with Gasteiger partial charge in [0.1, 0.15) is 5.78 Å². The maximum absolute atomic E-state index is 11.6. The summed E-state index contributed by atoms with van der Waals surface area (Å²) in [7, 11) is 0. The van der Waals surface area contributed by atoms with Crippen molar-refractivity contribution in [2.24, 2.45) is 17.8 Å². The molecule has 1 aromatic rings. The Labute approximate surface area is 127 Å². The van der Waals surface area contributed by atoms with E-state index in [0.29, 0.717) is 17.6 Å². The van der Waals surface area contributed by atoms with Crippen LogP contribution in [0.1, 0.15) is 61.6 Å². The first-order valence-corrected chi connectivity index (χ1v) is 8.84. The minimum atomic E-state index is 0.421. The Morgan fingerprint density at radius 1 is 0.857 bits per heavy atom. The number of Topliss-reactive ketones (excluding diaryl/α,β-unsaturated/α-hetero) is 1. The zero-order valence-corrected chi connectivity index (χ0v) is 12.7. The van der Waals surface area contributed by atoms with E-state index in [2.05, 4.69) is 18.2 Å². The van der Waals surface area contributed by atoms with Crippen molar-refractivity contribution in [2.45, 2.75) is 63.2 Å². The largest absolute Gasteiger partial charge is 0.299 e. The van der Waals surface area contributed by atoms with Crippen molar-refractivity contribution in [2.75, 3.05) is 0 Å². The van der Waals surface area contributed by atoms with E-state index < -0.39 is 0 Å². The highest BCUT2D eigenvalue weighted by Crippen LogP contribution is 2.60. The van der Waals surface area contributed by atoms with Gasteiger partial charge in [0, 0.05) is 12.8 Å². The molecule has 0 atom stereocenters. The highest BCUT2D eigenvalue weighted by atomic mass is 16.1. The lowest BCUT2D eigenvalue weighted by atomic mass is 9.48. The van der Waals surface area contributed by atoms with E-state index >= 15 is 0 Å². The zero-order chi connectivity index (χ0) is 14.0. The first kappa shape index (κ1) is 12.4. The van der Waals surface area contributed by atoms with Gasteiger partial charge in [0.15, 0.2) is 0 Å². The Balaban J connectivity index is 1.54. The second-order valence-corrected chi connectivity index (χ2v) is 8.40. The summed E-state index contributed by atoms with van der Waals surface area (Å²) in [5, 5.41) is 0. The Morgan fingerprint density at radius 2 is 1.52 bits per heavy atom. The number of rotatable bonds is 1. The Morgan fingerprint density at radius 3 is 2.19 bits per heavy atom. The van der Waals surface area contributed by atoms with Gasteiger partial charge in [-0.15, -0.1) is 0 Å². The average molecular weight is 280 g/mol. The van der Waals surface area contributed by atoms with Gasteiger partial charge >= 0.3 is 0 Å². The van der Waals surface area contributed by atoms with Gasteiger partial charge in [-0.1, -0.05) is 18.2 Å². The summed E-state index contributed by atoms with van der Waals surface area (Å²) in [6.45, 7) is 0. The fraction of sp³-hybridized carbons (Fsp3) is 0.650. The minimum Gasteiger partial charge on any atom is -0.299 e. The predicted molar refractivity (Wildman–Crippen MR) is 83.3 cm³/mol. The first-order valence-electron chi connectivity index (χ1n) is 8.84. The molecule has 110 valence electrons. The van der Waals surface area contributed by atoms with Crippen LogP contribution in [0, 0.1) is 17.8 Å². The van der Waals surface area contributed by atoms with Crippen LogP contribution in [0.4, 0.5) is 0 Å². The smallest absolute Gasteiger partial charge is 0.137 e. The molecule has 1 aromatic carbocycles. The molecule has 21 heavy (non-hydrogen) atoms. The second kappa shape index (κ2) is 4.21. The SMILES string of the molecule is O=C1CCc2cc(C34CC5CC(CC(C5)C3)C4)ccc2C1. The van der Waals surface area contributed by atoms with Crippen LogP contribution < -0.4 is 0 Å². The van der Waals surface area contributed by atoms with E-state index in [4.69, 9.17) is 0 Å². The number of hydrogen-bond donors (Lipinski definition) is 0. The molecule has 0 N–H and O–H groups in total. The lowest BCUT2D eigenvalue weighted by Gasteiger charge is -2.57. The second-order valence-electron chi connectivity index (χ2n) is 8.40. The maximum atomic E-state index is 11.6. The van der Waals surface area contributed by atoms with Gasteiger partial charge in [-0.2, -0.15) is 0 Å². The third kappa shape index (κ3) is 1.86. The molecule has 5 aliphatic carbocycles. The number of hydrogen-bond acceptors (Lipinski definition) is 1. The van der Waals surface area contributed by atoms with Gasteiger partial charge in [-0.3, -0.25) is 4.79 Å². The molecule has 0 heterocycles. The van der Waals surface area contributed by atoms with Gasteiger partial charge < -0.3 is 0 Å². The Bertz CT molecular complexity index is 577. The Hall–Kier alpha value is -1.11. The molecular formula is C20H24O. The summed E-state index contributed by atoms with van der Waals surface area (Å²) < 4.78 is 0. The van der Waals surface area contributed by atoms with Crippen LogP contribution in [-0.2, 0) is 23.1 Å². The van der Waals surface area contributed by atoms with Gasteiger partial charge in [-0.05, 0) is 84.8 Å². The molecule has 0 aromatic heterocycles. The molecule has 0 amide bonds. The Kier molecular flexibility index (Phi) is 2.49. The van der Waals surface area contributed by atoms with Gasteiger partial charge in [-0.25, -0.2) is 0 Å². The molecule has 4 saturated carbocycles. The minimum absolute atomic E-state index is 0.421. The van der Waals surface area contributed by atoms with E-state index in [0.717, 1.165) is 30.6 Å². The van der Waals surface area contributed by atoms with Gasteiger partial charge in [0.2, 0.25) is 0 Å². The number of benzene rings is 1. The summed E-state index contributed by atoms with van der Waals surface area (Å²) in [4.78, 5) is 11.6. The van der Waals surface area contributed by atoms with Crippen LogP contribution in [0.2, 0.25) is 0 Å². The van der Waals surface area contributed by atoms with Crippen molar-refractivity contribution in [3.05, 3.63) is 34.9 Å². The fourth-order valence-corrected chi connectivity index (χ4v) is 6.40. The van der Waals surface area contributed by atoms with Crippen LogP contribution in [0.3, 0.4) is 0 Å². The quantitative estimate of drug-likeness (QED) is 0.753. The number of ketones is 1. The molecule has 0 radical (unpaired) electrons. The molecule has 0 unspecified atom stereocenters. The molecule has 1 heteroatoms. The van der Waals surface area contributed by atoms with E-state index in [-0.39, 0.29) is 0 Å². The highest BCUT2D eigenvalue weighted by Gasteiger charge is 2.51. The van der Waals surface area contributed by atoms with E-state index in [1.807, 2.05) is 0 Å². The van der Waals surface area contributed by atoms with E-state index in [1.165, 1.54) is 49.7 Å². The lowest BCUT2D eigenvalue weighted by Crippen LogP contribution is -2.48. The number of carbonyl (C=O) groups excluding carboxylic acids is 1. The topological polar surface area (TPSA) is 17.1 Å². The molecule has 4 bridgehead atoms. The van der Waals surface area contributed by atoms with E-state index in [1.54, 1.807) is 5.56 Å². The summed E-state index contributed by atoms with van der Waals surface area (Å²) in [6.07, 6.45) is 11.3. The molecule has 4 fully saturated rings. The molecule has 5 aliphatic rings. The first-order chi connectivity index (χ1) is 10.2. The van der Waals surface area contributed by atoms with Crippen LogP contribution in [-0.4, -0.2) is 5.78 Å². The normalized spacial score (nSPS) is 40.4. The number of carbonyl (C=O) groups is 1. The molecule has 6 rings (SSSR count). The maximum Gasteiger partial charge on any atom is 0.137 e. The standard InChI is InChI=1S/C20H24O/c21-19-4-2-16-8-18(3-1-17(16)9-19)20-10-13-5-14(11-20)7-15(6-13)12-20/h1,3,8,13-15H,2,4-7,9-12H2. The van der Waals surface area contributed by atoms with Gasteiger partial charge in [0.05, 0.1) is 0 Å². The van der Waals surface area contributed by atoms with Crippen LogP contribution >= 0.6 is 0 Å². The third-order valence-electron chi connectivity index (χ3n) is 6.92. The van der Waals surface area contributed by atoms with Crippen LogP contribution in [0.25, 0.3) is 0 Å². The average Bonchev–Trinajstić information content (AvgIpc) is 2.45. The van der Waals surface area contributed by atoms with Crippen molar-refractivity contribution in [1.82, 2.24) is 0 Å². The van der Waals surface area contributed by atoms with Crippen molar-refractivity contribution >= 4 is 5.78 Å².